The molecule has 1 rings (SSSR count). The summed E-state index contributed by atoms with van der Waals surface area (Å²) >= 11 is 7.32. The van der Waals surface area contributed by atoms with Crippen molar-refractivity contribution in [2.75, 3.05) is 24.3 Å². The summed E-state index contributed by atoms with van der Waals surface area (Å²) < 4.78 is 24.1. The monoisotopic (exact) mass is 350 g/mol. The highest BCUT2D eigenvalue weighted by Crippen LogP contribution is 2.15. The first-order valence-corrected chi connectivity index (χ1v) is 9.80. The van der Waals surface area contributed by atoms with E-state index in [2.05, 4.69) is 5.32 Å². The van der Waals surface area contributed by atoms with Gasteiger partial charge in [-0.2, -0.15) is 11.8 Å². The molecule has 0 fully saturated rings. The Morgan fingerprint density at radius 3 is 2.57 bits per heavy atom. The smallest absolute Gasteiger partial charge is 0.236 e. The highest BCUT2D eigenvalue weighted by molar-refractivity contribution is 7.98. The van der Waals surface area contributed by atoms with Crippen molar-refractivity contribution in [2.45, 2.75) is 17.4 Å². The molecule has 0 spiro atoms. The predicted octanol–water partition coefficient (Wildman–Crippen LogP) is 1.31. The van der Waals surface area contributed by atoms with E-state index in [-0.39, 0.29) is 23.1 Å². The fourth-order valence-electron chi connectivity index (χ4n) is 1.58. The molecule has 0 saturated heterocycles. The maximum atomic E-state index is 12.0. The molecule has 0 aliphatic rings. The summed E-state index contributed by atoms with van der Waals surface area (Å²) in [4.78, 5) is 11.8. The topological polar surface area (TPSA) is 89.3 Å². The molecule has 0 radical (unpaired) electrons. The summed E-state index contributed by atoms with van der Waals surface area (Å²) in [6, 6.07) is 5.33. The van der Waals surface area contributed by atoms with Gasteiger partial charge in [-0.05, 0) is 42.7 Å². The van der Waals surface area contributed by atoms with Gasteiger partial charge in [0.15, 0.2) is 9.84 Å². The predicted molar refractivity (Wildman–Crippen MR) is 87.5 cm³/mol. The van der Waals surface area contributed by atoms with Crippen LogP contribution in [-0.2, 0) is 14.6 Å². The molecule has 1 atom stereocenters. The Balaban J connectivity index is 2.47. The van der Waals surface area contributed by atoms with Gasteiger partial charge >= 0.3 is 0 Å². The lowest BCUT2D eigenvalue weighted by atomic mass is 10.2. The summed E-state index contributed by atoms with van der Waals surface area (Å²) in [6.45, 7) is 0.0385. The number of hydrogen-bond donors (Lipinski definition) is 2. The lowest BCUT2D eigenvalue weighted by Crippen LogP contribution is -2.42. The number of rotatable bonds is 8. The SMILES string of the molecule is CSCC[C@H](N)C(=O)NCCS(=O)(=O)c1ccc(Cl)cc1. The molecule has 5 nitrogen and oxygen atoms in total. The molecule has 0 aromatic heterocycles. The Labute approximate surface area is 134 Å². The zero-order chi connectivity index (χ0) is 15.9. The van der Waals surface area contributed by atoms with Gasteiger partial charge in [-0.15, -0.1) is 0 Å². The van der Waals surface area contributed by atoms with Gasteiger partial charge in [0.05, 0.1) is 16.7 Å². The van der Waals surface area contributed by atoms with E-state index in [1.807, 2.05) is 6.26 Å². The molecule has 1 amide bonds. The van der Waals surface area contributed by atoms with Crippen molar-refractivity contribution in [3.05, 3.63) is 29.3 Å². The first kappa shape index (κ1) is 18.3. The number of benzene rings is 1. The van der Waals surface area contributed by atoms with E-state index >= 15 is 0 Å². The quantitative estimate of drug-likeness (QED) is 0.737. The molecule has 118 valence electrons. The van der Waals surface area contributed by atoms with Crippen LogP contribution < -0.4 is 11.1 Å². The van der Waals surface area contributed by atoms with E-state index in [9.17, 15) is 13.2 Å². The van der Waals surface area contributed by atoms with Crippen molar-refractivity contribution in [3.8, 4) is 0 Å². The van der Waals surface area contributed by atoms with Crippen LogP contribution in [0.5, 0.6) is 0 Å². The Kier molecular flexibility index (Phi) is 7.51. The highest BCUT2D eigenvalue weighted by Gasteiger charge is 2.16. The summed E-state index contributed by atoms with van der Waals surface area (Å²) in [6.07, 6.45) is 2.50. The van der Waals surface area contributed by atoms with E-state index in [1.54, 1.807) is 11.8 Å². The highest BCUT2D eigenvalue weighted by atomic mass is 35.5. The average Bonchev–Trinajstić information content (AvgIpc) is 2.44. The molecule has 1 aromatic carbocycles. The van der Waals surface area contributed by atoms with E-state index in [0.717, 1.165) is 5.75 Å². The minimum Gasteiger partial charge on any atom is -0.354 e. The molecular formula is C13H19ClN2O3S2. The van der Waals surface area contributed by atoms with E-state index < -0.39 is 15.9 Å². The Morgan fingerprint density at radius 1 is 1.38 bits per heavy atom. The largest absolute Gasteiger partial charge is 0.354 e. The van der Waals surface area contributed by atoms with Gasteiger partial charge in [-0.1, -0.05) is 11.6 Å². The number of hydrogen-bond acceptors (Lipinski definition) is 5. The van der Waals surface area contributed by atoms with Crippen LogP contribution in [0.4, 0.5) is 0 Å². The van der Waals surface area contributed by atoms with Crippen LogP contribution in [0.25, 0.3) is 0 Å². The van der Waals surface area contributed by atoms with Crippen LogP contribution in [0.15, 0.2) is 29.2 Å². The zero-order valence-electron chi connectivity index (χ0n) is 11.7. The second kappa shape index (κ2) is 8.63. The van der Waals surface area contributed by atoms with Crippen molar-refractivity contribution in [1.82, 2.24) is 5.32 Å². The number of halogens is 1. The number of nitrogens with two attached hydrogens (primary N) is 1. The molecule has 8 heteroatoms. The van der Waals surface area contributed by atoms with Gasteiger partial charge in [0.1, 0.15) is 0 Å². The van der Waals surface area contributed by atoms with Gasteiger partial charge < -0.3 is 11.1 Å². The number of nitrogens with one attached hydrogen (secondary N) is 1. The van der Waals surface area contributed by atoms with Crippen LogP contribution in [0.2, 0.25) is 5.02 Å². The van der Waals surface area contributed by atoms with E-state index in [0.29, 0.717) is 11.4 Å². The van der Waals surface area contributed by atoms with Crippen LogP contribution >= 0.6 is 23.4 Å². The van der Waals surface area contributed by atoms with Crippen LogP contribution in [0.3, 0.4) is 0 Å². The Bertz CT molecular complexity index is 561. The Morgan fingerprint density at radius 2 is 2.00 bits per heavy atom. The standard InChI is InChI=1S/C13H19ClN2O3S2/c1-20-8-6-12(15)13(17)16-7-9-21(18,19)11-4-2-10(14)3-5-11/h2-5,12H,6-9,15H2,1H3,(H,16,17)/t12-/m0/s1. The molecule has 0 unspecified atom stereocenters. The molecule has 0 aliphatic heterocycles. The number of carbonyl (C=O) groups is 1. The van der Waals surface area contributed by atoms with Gasteiger partial charge in [-0.25, -0.2) is 8.42 Å². The fourth-order valence-corrected chi connectivity index (χ4v) is 3.35. The molecule has 21 heavy (non-hydrogen) atoms. The van der Waals surface area contributed by atoms with Crippen LogP contribution in [0, 0.1) is 0 Å². The van der Waals surface area contributed by atoms with Crippen molar-refractivity contribution < 1.29 is 13.2 Å². The molecular weight excluding hydrogens is 332 g/mol. The molecule has 0 aliphatic carbocycles. The lowest BCUT2D eigenvalue weighted by Gasteiger charge is -2.11. The van der Waals surface area contributed by atoms with Crippen molar-refractivity contribution in [3.63, 3.8) is 0 Å². The average molecular weight is 351 g/mol. The number of amides is 1. The second-order valence-corrected chi connectivity index (χ2v) is 7.98. The Hall–Kier alpha value is -0.760. The molecule has 1 aromatic rings. The summed E-state index contributed by atoms with van der Waals surface area (Å²) in [7, 11) is -3.43. The van der Waals surface area contributed by atoms with Gasteiger partial charge in [0.2, 0.25) is 5.91 Å². The van der Waals surface area contributed by atoms with E-state index in [1.165, 1.54) is 24.3 Å². The third kappa shape index (κ3) is 6.25. The number of carbonyl (C=O) groups excluding carboxylic acids is 1. The molecule has 0 saturated carbocycles. The maximum Gasteiger partial charge on any atom is 0.236 e. The fraction of sp³-hybridized carbons (Fsp3) is 0.462. The van der Waals surface area contributed by atoms with Crippen molar-refractivity contribution in [1.29, 1.82) is 0 Å². The maximum absolute atomic E-state index is 12.0. The lowest BCUT2D eigenvalue weighted by molar-refractivity contribution is -0.122. The molecule has 0 heterocycles. The second-order valence-electron chi connectivity index (χ2n) is 4.45. The minimum absolute atomic E-state index is 0.0385. The summed E-state index contributed by atoms with van der Waals surface area (Å²) in [5, 5.41) is 3.02. The number of sulfone groups is 1. The minimum atomic E-state index is -3.43. The van der Waals surface area contributed by atoms with Crippen LogP contribution in [0.1, 0.15) is 6.42 Å². The van der Waals surface area contributed by atoms with Gasteiger partial charge in [0.25, 0.3) is 0 Å². The number of thioether (sulfide) groups is 1. The zero-order valence-corrected chi connectivity index (χ0v) is 14.1. The van der Waals surface area contributed by atoms with E-state index in [4.69, 9.17) is 17.3 Å². The molecule has 3 N–H and O–H groups in total. The van der Waals surface area contributed by atoms with Gasteiger partial charge in [0, 0.05) is 11.6 Å². The van der Waals surface area contributed by atoms with Crippen LogP contribution in [-0.4, -0.2) is 44.7 Å². The van der Waals surface area contributed by atoms with Crippen molar-refractivity contribution >= 4 is 39.1 Å². The third-order valence-electron chi connectivity index (χ3n) is 2.81. The normalized spacial score (nSPS) is 12.9. The first-order valence-electron chi connectivity index (χ1n) is 6.37. The summed E-state index contributed by atoms with van der Waals surface area (Å²) in [5.74, 6) is 0.295. The third-order valence-corrected chi connectivity index (χ3v) is 5.44. The molecule has 0 bridgehead atoms. The van der Waals surface area contributed by atoms with Crippen molar-refractivity contribution in [2.24, 2.45) is 5.73 Å². The first-order chi connectivity index (χ1) is 9.86. The van der Waals surface area contributed by atoms with Gasteiger partial charge in [-0.3, -0.25) is 4.79 Å². The summed E-state index contributed by atoms with van der Waals surface area (Å²) in [5.41, 5.74) is 5.69.